The lowest BCUT2D eigenvalue weighted by Crippen LogP contribution is -2.34. The van der Waals surface area contributed by atoms with Crippen molar-refractivity contribution < 1.29 is 12.8 Å². The number of nitrogens with zero attached hydrogens (tertiary/aromatic N) is 1. The Labute approximate surface area is 119 Å². The Morgan fingerprint density at radius 3 is 2.70 bits per heavy atom. The van der Waals surface area contributed by atoms with E-state index in [2.05, 4.69) is 9.62 Å². The van der Waals surface area contributed by atoms with E-state index in [9.17, 15) is 12.8 Å². The van der Waals surface area contributed by atoms with Crippen molar-refractivity contribution in [2.45, 2.75) is 30.7 Å². The predicted molar refractivity (Wildman–Crippen MR) is 76.4 cm³/mol. The molecule has 1 aromatic rings. The molecular formula is C13H20FN3O2S. The van der Waals surface area contributed by atoms with Gasteiger partial charge >= 0.3 is 0 Å². The molecule has 0 aromatic heterocycles. The number of aryl methyl sites for hydroxylation is 1. The van der Waals surface area contributed by atoms with E-state index in [-0.39, 0.29) is 22.7 Å². The van der Waals surface area contributed by atoms with Gasteiger partial charge in [0, 0.05) is 24.8 Å². The average Bonchev–Trinajstić information content (AvgIpc) is 3.17. The molecule has 1 fully saturated rings. The third kappa shape index (κ3) is 3.47. The Morgan fingerprint density at radius 2 is 2.10 bits per heavy atom. The van der Waals surface area contributed by atoms with Crippen LogP contribution in [0.1, 0.15) is 18.4 Å². The van der Waals surface area contributed by atoms with Gasteiger partial charge in [-0.1, -0.05) is 0 Å². The Kier molecular flexibility index (Phi) is 4.31. The van der Waals surface area contributed by atoms with Gasteiger partial charge in [0.1, 0.15) is 10.7 Å². The standard InChI is InChI=1S/C13H20FN3O2S/c1-9-7-10(15)8-12(13(9)14)20(18,19)16-5-6-17(2)11-3-4-11/h7-8,11,16H,3-6,15H2,1-2H3. The van der Waals surface area contributed by atoms with Gasteiger partial charge in [0.15, 0.2) is 0 Å². The normalized spacial score (nSPS) is 15.8. The fourth-order valence-corrected chi connectivity index (χ4v) is 3.30. The van der Waals surface area contributed by atoms with Gasteiger partial charge in [0.05, 0.1) is 0 Å². The summed E-state index contributed by atoms with van der Waals surface area (Å²) in [5.41, 5.74) is 6.04. The Hall–Kier alpha value is -1.18. The van der Waals surface area contributed by atoms with Crippen LogP contribution >= 0.6 is 0 Å². The molecule has 0 radical (unpaired) electrons. The third-order valence-electron chi connectivity index (χ3n) is 3.46. The minimum atomic E-state index is -3.87. The highest BCUT2D eigenvalue weighted by atomic mass is 32.2. The highest BCUT2D eigenvalue weighted by Crippen LogP contribution is 2.25. The average molecular weight is 301 g/mol. The molecule has 1 aromatic carbocycles. The molecule has 3 N–H and O–H groups in total. The summed E-state index contributed by atoms with van der Waals surface area (Å²) < 4.78 is 40.5. The van der Waals surface area contributed by atoms with E-state index in [0.717, 1.165) is 18.9 Å². The van der Waals surface area contributed by atoms with Crippen LogP contribution in [0.3, 0.4) is 0 Å². The second-order valence-electron chi connectivity index (χ2n) is 5.26. The first-order valence-electron chi connectivity index (χ1n) is 6.57. The SMILES string of the molecule is Cc1cc(N)cc(S(=O)(=O)NCCN(C)C2CC2)c1F. The predicted octanol–water partition coefficient (Wildman–Crippen LogP) is 1.09. The Balaban J connectivity index is 2.06. The minimum absolute atomic E-state index is 0.223. The molecule has 7 heteroatoms. The van der Waals surface area contributed by atoms with Gasteiger partial charge in [-0.25, -0.2) is 17.5 Å². The van der Waals surface area contributed by atoms with Crippen LogP contribution in [0.2, 0.25) is 0 Å². The second kappa shape index (κ2) is 5.67. The van der Waals surface area contributed by atoms with Crippen molar-refractivity contribution in [3.63, 3.8) is 0 Å². The number of halogens is 1. The maximum absolute atomic E-state index is 13.9. The Morgan fingerprint density at radius 1 is 1.45 bits per heavy atom. The number of benzene rings is 1. The van der Waals surface area contributed by atoms with E-state index in [0.29, 0.717) is 12.6 Å². The second-order valence-corrected chi connectivity index (χ2v) is 6.99. The summed E-state index contributed by atoms with van der Waals surface area (Å²) in [6.45, 7) is 2.35. The maximum atomic E-state index is 13.9. The molecule has 5 nitrogen and oxygen atoms in total. The van der Waals surface area contributed by atoms with Crippen molar-refractivity contribution in [3.05, 3.63) is 23.5 Å². The molecule has 0 bridgehead atoms. The minimum Gasteiger partial charge on any atom is -0.399 e. The van der Waals surface area contributed by atoms with Crippen LogP contribution in [0.25, 0.3) is 0 Å². The van der Waals surface area contributed by atoms with Crippen LogP contribution < -0.4 is 10.5 Å². The zero-order valence-electron chi connectivity index (χ0n) is 11.7. The van der Waals surface area contributed by atoms with E-state index < -0.39 is 15.8 Å². The monoisotopic (exact) mass is 301 g/mol. The van der Waals surface area contributed by atoms with E-state index >= 15 is 0 Å². The van der Waals surface area contributed by atoms with Crippen LogP contribution in [-0.4, -0.2) is 39.5 Å². The summed E-state index contributed by atoms with van der Waals surface area (Å²) in [6.07, 6.45) is 2.32. The molecule has 0 saturated heterocycles. The summed E-state index contributed by atoms with van der Waals surface area (Å²) in [7, 11) is -1.91. The summed E-state index contributed by atoms with van der Waals surface area (Å²) in [6, 6.07) is 3.12. The topological polar surface area (TPSA) is 75.4 Å². The fourth-order valence-electron chi connectivity index (χ4n) is 2.09. The summed E-state index contributed by atoms with van der Waals surface area (Å²) in [4.78, 5) is 1.72. The summed E-state index contributed by atoms with van der Waals surface area (Å²) in [5.74, 6) is -0.748. The summed E-state index contributed by atoms with van der Waals surface area (Å²) >= 11 is 0. The van der Waals surface area contributed by atoms with Gasteiger partial charge in [0.25, 0.3) is 0 Å². The van der Waals surface area contributed by atoms with E-state index in [1.54, 1.807) is 0 Å². The molecule has 0 atom stereocenters. The number of anilines is 1. The van der Waals surface area contributed by atoms with Gasteiger partial charge in [0.2, 0.25) is 10.0 Å². The van der Waals surface area contributed by atoms with Crippen molar-refractivity contribution in [1.29, 1.82) is 0 Å². The number of nitrogens with one attached hydrogen (secondary N) is 1. The van der Waals surface area contributed by atoms with Crippen LogP contribution in [0.4, 0.5) is 10.1 Å². The lowest BCUT2D eigenvalue weighted by Gasteiger charge is -2.16. The zero-order chi connectivity index (χ0) is 14.9. The van der Waals surface area contributed by atoms with Gasteiger partial charge in [-0.15, -0.1) is 0 Å². The molecule has 1 saturated carbocycles. The molecule has 0 heterocycles. The number of likely N-dealkylation sites (N-methyl/N-ethyl adjacent to an activating group) is 1. The molecule has 0 unspecified atom stereocenters. The molecule has 0 aliphatic heterocycles. The van der Waals surface area contributed by atoms with Gasteiger partial charge in [-0.05, 0) is 44.5 Å². The first kappa shape index (κ1) is 15.2. The van der Waals surface area contributed by atoms with Crippen LogP contribution in [-0.2, 0) is 10.0 Å². The lowest BCUT2D eigenvalue weighted by molar-refractivity contribution is 0.329. The van der Waals surface area contributed by atoms with Crippen molar-refractivity contribution in [2.24, 2.45) is 0 Å². The van der Waals surface area contributed by atoms with Crippen molar-refractivity contribution >= 4 is 15.7 Å². The number of rotatable bonds is 6. The first-order chi connectivity index (χ1) is 9.31. The van der Waals surface area contributed by atoms with Crippen molar-refractivity contribution in [1.82, 2.24) is 9.62 Å². The smallest absolute Gasteiger partial charge is 0.243 e. The van der Waals surface area contributed by atoms with Gasteiger partial charge in [-0.3, -0.25) is 0 Å². The molecule has 1 aliphatic carbocycles. The summed E-state index contributed by atoms with van der Waals surface area (Å²) in [5, 5.41) is 0. The van der Waals surface area contributed by atoms with Crippen LogP contribution in [0.15, 0.2) is 17.0 Å². The number of hydrogen-bond donors (Lipinski definition) is 2. The third-order valence-corrected chi connectivity index (χ3v) is 4.92. The number of hydrogen-bond acceptors (Lipinski definition) is 4. The van der Waals surface area contributed by atoms with Crippen LogP contribution in [0.5, 0.6) is 0 Å². The molecule has 20 heavy (non-hydrogen) atoms. The number of nitrogen functional groups attached to an aromatic ring is 1. The largest absolute Gasteiger partial charge is 0.399 e. The van der Waals surface area contributed by atoms with E-state index in [1.165, 1.54) is 13.0 Å². The van der Waals surface area contributed by atoms with Gasteiger partial charge < -0.3 is 10.6 Å². The molecule has 112 valence electrons. The van der Waals surface area contributed by atoms with E-state index in [4.69, 9.17) is 5.73 Å². The zero-order valence-corrected chi connectivity index (χ0v) is 12.5. The molecule has 0 spiro atoms. The van der Waals surface area contributed by atoms with Crippen molar-refractivity contribution in [2.75, 3.05) is 25.9 Å². The molecular weight excluding hydrogens is 281 g/mol. The van der Waals surface area contributed by atoms with Crippen molar-refractivity contribution in [3.8, 4) is 0 Å². The van der Waals surface area contributed by atoms with Gasteiger partial charge in [-0.2, -0.15) is 0 Å². The molecule has 2 rings (SSSR count). The molecule has 0 amide bonds. The van der Waals surface area contributed by atoms with Crippen LogP contribution in [0, 0.1) is 12.7 Å². The lowest BCUT2D eigenvalue weighted by atomic mass is 10.2. The number of sulfonamides is 1. The number of nitrogens with two attached hydrogens (primary N) is 1. The highest BCUT2D eigenvalue weighted by molar-refractivity contribution is 7.89. The fraction of sp³-hybridized carbons (Fsp3) is 0.538. The quantitative estimate of drug-likeness (QED) is 0.771. The Bertz CT molecular complexity index is 600. The van der Waals surface area contributed by atoms with E-state index in [1.807, 2.05) is 7.05 Å². The highest BCUT2D eigenvalue weighted by Gasteiger charge is 2.26. The molecule has 1 aliphatic rings. The maximum Gasteiger partial charge on any atom is 0.243 e. The first-order valence-corrected chi connectivity index (χ1v) is 8.05.